The lowest BCUT2D eigenvalue weighted by Crippen LogP contribution is -2.43. The molecule has 2 rings (SSSR count). The van der Waals surface area contributed by atoms with Crippen LogP contribution >= 0.6 is 0 Å². The zero-order valence-corrected chi connectivity index (χ0v) is 16.0. The molecule has 0 bridgehead atoms. The monoisotopic (exact) mass is 367 g/mol. The van der Waals surface area contributed by atoms with Gasteiger partial charge in [-0.15, -0.1) is 0 Å². The van der Waals surface area contributed by atoms with E-state index in [9.17, 15) is 13.2 Å². The third-order valence-corrected chi connectivity index (χ3v) is 6.20. The number of pyridine rings is 1. The van der Waals surface area contributed by atoms with Crippen LogP contribution in [0.5, 0.6) is 0 Å². The molecule has 1 aromatic rings. The second-order valence-corrected chi connectivity index (χ2v) is 8.77. The highest BCUT2D eigenvalue weighted by Crippen LogP contribution is 2.24. The van der Waals surface area contributed by atoms with Gasteiger partial charge in [0.05, 0.1) is 6.26 Å². The van der Waals surface area contributed by atoms with E-state index in [2.05, 4.69) is 4.98 Å². The van der Waals surface area contributed by atoms with Crippen LogP contribution in [-0.2, 0) is 21.2 Å². The Balaban J connectivity index is 1.85. The number of rotatable bonds is 8. The van der Waals surface area contributed by atoms with Crippen molar-refractivity contribution in [1.82, 2.24) is 14.2 Å². The van der Waals surface area contributed by atoms with Gasteiger partial charge in [-0.05, 0) is 37.0 Å². The molecule has 0 spiro atoms. The Kier molecular flexibility index (Phi) is 7.38. The maximum atomic E-state index is 12.4. The smallest absolute Gasteiger partial charge is 0.223 e. The van der Waals surface area contributed by atoms with Gasteiger partial charge in [0.1, 0.15) is 0 Å². The fourth-order valence-corrected chi connectivity index (χ4v) is 4.53. The molecule has 0 aromatic carbocycles. The molecule has 1 amide bonds. The van der Waals surface area contributed by atoms with Crippen LogP contribution in [0.4, 0.5) is 0 Å². The third kappa shape index (κ3) is 6.40. The van der Waals surface area contributed by atoms with Crippen LogP contribution in [0.1, 0.15) is 44.1 Å². The minimum Gasteiger partial charge on any atom is -0.345 e. The first kappa shape index (κ1) is 19.8. The predicted molar refractivity (Wildman–Crippen MR) is 98.6 cm³/mol. The number of amides is 1. The molecule has 0 N–H and O–H groups in total. The first-order valence-corrected chi connectivity index (χ1v) is 10.8. The number of hydrogen-bond acceptors (Lipinski definition) is 4. The summed E-state index contributed by atoms with van der Waals surface area (Å²) in [6.45, 7) is 0.896. The van der Waals surface area contributed by atoms with Crippen molar-refractivity contribution in [3.05, 3.63) is 30.1 Å². The quantitative estimate of drug-likeness (QED) is 0.705. The number of carbonyl (C=O) groups is 1. The summed E-state index contributed by atoms with van der Waals surface area (Å²) >= 11 is 0. The van der Waals surface area contributed by atoms with Crippen LogP contribution in [0.2, 0.25) is 0 Å². The molecule has 0 radical (unpaired) electrons. The second-order valence-electron chi connectivity index (χ2n) is 6.84. The van der Waals surface area contributed by atoms with E-state index in [0.29, 0.717) is 6.54 Å². The molecule has 7 heteroatoms. The average Bonchev–Trinajstić information content (AvgIpc) is 2.60. The lowest BCUT2D eigenvalue weighted by Gasteiger charge is -2.32. The van der Waals surface area contributed by atoms with E-state index in [1.54, 1.807) is 28.6 Å². The molecule has 6 nitrogen and oxygen atoms in total. The zero-order chi connectivity index (χ0) is 18.3. The topological polar surface area (TPSA) is 70.6 Å². The maximum absolute atomic E-state index is 12.4. The van der Waals surface area contributed by atoms with E-state index in [-0.39, 0.29) is 24.9 Å². The molecule has 25 heavy (non-hydrogen) atoms. The number of carbonyl (C=O) groups excluding carboxylic acids is 1. The van der Waals surface area contributed by atoms with Gasteiger partial charge in [-0.2, -0.15) is 4.31 Å². The number of sulfonamides is 1. The predicted octanol–water partition coefficient (Wildman–Crippen LogP) is 2.07. The molecule has 1 saturated carbocycles. The molecular weight excluding hydrogens is 338 g/mol. The molecule has 1 aliphatic carbocycles. The van der Waals surface area contributed by atoms with E-state index in [4.69, 9.17) is 0 Å². The molecule has 0 aliphatic heterocycles. The highest BCUT2D eigenvalue weighted by atomic mass is 32.2. The van der Waals surface area contributed by atoms with Gasteiger partial charge in [0.25, 0.3) is 0 Å². The Labute approximate surface area is 151 Å². The summed E-state index contributed by atoms with van der Waals surface area (Å²) in [7, 11) is -1.51. The van der Waals surface area contributed by atoms with Gasteiger partial charge in [0.2, 0.25) is 15.9 Å². The number of likely N-dealkylation sites (N-methyl/N-ethyl adjacent to an activating group) is 1. The summed E-state index contributed by atoms with van der Waals surface area (Å²) in [5, 5.41) is 0. The van der Waals surface area contributed by atoms with Crippen molar-refractivity contribution in [1.29, 1.82) is 0 Å². The molecule has 0 saturated heterocycles. The average molecular weight is 368 g/mol. The van der Waals surface area contributed by atoms with Gasteiger partial charge in [-0.3, -0.25) is 9.78 Å². The fourth-order valence-electron chi connectivity index (χ4n) is 3.36. The lowest BCUT2D eigenvalue weighted by atomic mass is 9.95. The third-order valence-electron chi connectivity index (χ3n) is 4.87. The highest BCUT2D eigenvalue weighted by molar-refractivity contribution is 7.88. The van der Waals surface area contributed by atoms with Crippen molar-refractivity contribution in [3.63, 3.8) is 0 Å². The van der Waals surface area contributed by atoms with Gasteiger partial charge in [0.15, 0.2) is 0 Å². The normalized spacial score (nSPS) is 16.1. The Hall–Kier alpha value is -1.47. The first-order chi connectivity index (χ1) is 11.9. The molecular formula is C18H29N3O3S. The minimum absolute atomic E-state index is 0.0153. The summed E-state index contributed by atoms with van der Waals surface area (Å²) in [6, 6.07) is 3.93. The highest BCUT2D eigenvalue weighted by Gasteiger charge is 2.28. The van der Waals surface area contributed by atoms with Gasteiger partial charge in [-0.1, -0.05) is 19.3 Å². The van der Waals surface area contributed by atoms with Gasteiger partial charge >= 0.3 is 0 Å². The number of hydrogen-bond donors (Lipinski definition) is 0. The minimum atomic E-state index is -3.29. The Bertz CT molecular complexity index is 643. The standard InChI is InChI=1S/C18H29N3O3S/c1-20(14-10-16-8-12-19-13-9-16)18(22)11-15-21(25(2,23)24)17-6-4-3-5-7-17/h8-9,12-13,17H,3-7,10-11,14-15H2,1-2H3. The number of aromatic nitrogens is 1. The van der Waals surface area contributed by atoms with Crippen LogP contribution in [-0.4, -0.2) is 60.9 Å². The Morgan fingerprint density at radius 1 is 1.16 bits per heavy atom. The molecule has 1 heterocycles. The van der Waals surface area contributed by atoms with Gasteiger partial charge in [0, 0.05) is 45.0 Å². The van der Waals surface area contributed by atoms with Gasteiger partial charge in [-0.25, -0.2) is 8.42 Å². The largest absolute Gasteiger partial charge is 0.345 e. The summed E-state index contributed by atoms with van der Waals surface area (Å²) in [4.78, 5) is 18.0. The SMILES string of the molecule is CN(CCc1ccncc1)C(=O)CCN(C1CCCCC1)S(C)(=O)=O. The van der Waals surface area contributed by atoms with Crippen molar-refractivity contribution >= 4 is 15.9 Å². The van der Waals surface area contributed by atoms with Crippen LogP contribution < -0.4 is 0 Å². The number of nitrogens with zero attached hydrogens (tertiary/aromatic N) is 3. The molecule has 1 aliphatic rings. The molecule has 1 aromatic heterocycles. The van der Waals surface area contributed by atoms with Gasteiger partial charge < -0.3 is 4.90 Å². The molecule has 140 valence electrons. The second kappa shape index (κ2) is 9.29. The van der Waals surface area contributed by atoms with E-state index in [1.165, 1.54) is 12.7 Å². The Morgan fingerprint density at radius 2 is 1.80 bits per heavy atom. The van der Waals surface area contributed by atoms with E-state index in [1.807, 2.05) is 12.1 Å². The van der Waals surface area contributed by atoms with Crippen molar-refractivity contribution in [2.75, 3.05) is 26.4 Å². The molecule has 1 fully saturated rings. The van der Waals surface area contributed by atoms with Crippen LogP contribution in [0, 0.1) is 0 Å². The van der Waals surface area contributed by atoms with E-state index in [0.717, 1.165) is 37.7 Å². The zero-order valence-electron chi connectivity index (χ0n) is 15.2. The molecule has 0 unspecified atom stereocenters. The summed E-state index contributed by atoms with van der Waals surface area (Å²) in [5.74, 6) is -0.0153. The summed E-state index contributed by atoms with van der Waals surface area (Å²) in [5.41, 5.74) is 1.13. The van der Waals surface area contributed by atoms with Crippen molar-refractivity contribution < 1.29 is 13.2 Å². The van der Waals surface area contributed by atoms with E-state index >= 15 is 0 Å². The van der Waals surface area contributed by atoms with E-state index < -0.39 is 10.0 Å². The maximum Gasteiger partial charge on any atom is 0.223 e. The van der Waals surface area contributed by atoms with Crippen molar-refractivity contribution in [3.8, 4) is 0 Å². The summed E-state index contributed by atoms with van der Waals surface area (Å²) in [6.07, 6.45) is 10.8. The van der Waals surface area contributed by atoms with Crippen LogP contribution in [0.25, 0.3) is 0 Å². The van der Waals surface area contributed by atoms with Crippen LogP contribution in [0.3, 0.4) is 0 Å². The fraction of sp³-hybridized carbons (Fsp3) is 0.667. The van der Waals surface area contributed by atoms with Crippen LogP contribution in [0.15, 0.2) is 24.5 Å². The Morgan fingerprint density at radius 3 is 2.40 bits per heavy atom. The molecule has 0 atom stereocenters. The lowest BCUT2D eigenvalue weighted by molar-refractivity contribution is -0.130. The van der Waals surface area contributed by atoms with Crippen molar-refractivity contribution in [2.24, 2.45) is 0 Å². The van der Waals surface area contributed by atoms with Crippen molar-refractivity contribution in [2.45, 2.75) is 51.0 Å². The first-order valence-electron chi connectivity index (χ1n) is 8.97. The summed E-state index contributed by atoms with van der Waals surface area (Å²) < 4.78 is 25.8.